The van der Waals surface area contributed by atoms with Gasteiger partial charge in [-0.3, -0.25) is 4.90 Å². The summed E-state index contributed by atoms with van der Waals surface area (Å²) in [5.74, 6) is 1.78. The molecule has 1 aromatic carbocycles. The quantitative estimate of drug-likeness (QED) is 0.391. The smallest absolute Gasteiger partial charge is 0.194 e. The molecule has 1 saturated heterocycles. The van der Waals surface area contributed by atoms with E-state index in [4.69, 9.17) is 14.8 Å². The van der Waals surface area contributed by atoms with Gasteiger partial charge in [0.1, 0.15) is 5.76 Å². The van der Waals surface area contributed by atoms with Crippen LogP contribution in [0, 0.1) is 18.3 Å². The number of hydrogen-bond donors (Lipinski definition) is 1. The van der Waals surface area contributed by atoms with E-state index in [0.717, 1.165) is 62.2 Å². The third-order valence-corrected chi connectivity index (χ3v) is 4.54. The van der Waals surface area contributed by atoms with Crippen LogP contribution in [0.4, 0.5) is 0 Å². The highest BCUT2D eigenvalue weighted by molar-refractivity contribution is 14.0. The number of nitriles is 1. The summed E-state index contributed by atoms with van der Waals surface area (Å²) < 4.78 is 5.15. The summed E-state index contributed by atoms with van der Waals surface area (Å²) in [4.78, 5) is 9.45. The first kappa shape index (κ1) is 22.2. The molecule has 1 aliphatic heterocycles. The highest BCUT2D eigenvalue weighted by atomic mass is 127. The van der Waals surface area contributed by atoms with Gasteiger partial charge < -0.3 is 14.7 Å². The number of benzene rings is 1. The van der Waals surface area contributed by atoms with E-state index in [0.29, 0.717) is 12.1 Å². The van der Waals surface area contributed by atoms with Gasteiger partial charge in [-0.15, -0.1) is 24.0 Å². The predicted octanol–water partition coefficient (Wildman–Crippen LogP) is 2.76. The Labute approximate surface area is 183 Å². The summed E-state index contributed by atoms with van der Waals surface area (Å²) in [6.07, 6.45) is 0. The lowest BCUT2D eigenvalue weighted by Crippen LogP contribution is -2.52. The Balaban J connectivity index is 0.00000280. The molecule has 0 bridgehead atoms. The first-order valence-corrected chi connectivity index (χ1v) is 9.34. The van der Waals surface area contributed by atoms with Crippen molar-refractivity contribution in [2.45, 2.75) is 26.9 Å². The van der Waals surface area contributed by atoms with Crippen LogP contribution in [0.1, 0.15) is 29.5 Å². The number of nitrogens with one attached hydrogen (secondary N) is 1. The highest BCUT2D eigenvalue weighted by Gasteiger charge is 2.20. The molecule has 150 valence electrons. The summed E-state index contributed by atoms with van der Waals surface area (Å²) in [7, 11) is 0. The van der Waals surface area contributed by atoms with E-state index in [1.807, 2.05) is 37.3 Å². The molecule has 1 fully saturated rings. The van der Waals surface area contributed by atoms with Crippen LogP contribution in [0.25, 0.3) is 0 Å². The monoisotopic (exact) mass is 494 g/mol. The van der Waals surface area contributed by atoms with E-state index in [9.17, 15) is 0 Å². The minimum atomic E-state index is 0. The zero-order valence-electron chi connectivity index (χ0n) is 16.4. The van der Waals surface area contributed by atoms with E-state index < -0.39 is 0 Å². The second-order valence-corrected chi connectivity index (χ2v) is 6.67. The Bertz CT molecular complexity index is 820. The fraction of sp³-hybridized carbons (Fsp3) is 0.450. The zero-order valence-corrected chi connectivity index (χ0v) is 18.7. The standard InChI is InChI=1S/C20H26N6O.HI/c1-3-22-20(23-14-18-6-4-5-17(12-18)13-21)26-9-7-25(8-10-26)15-19-11-16(2)27-24-19;/h4-6,11-12H,3,7-10,14-15H2,1-2H3,(H,22,23);1H. The zero-order chi connectivity index (χ0) is 19.1. The fourth-order valence-corrected chi connectivity index (χ4v) is 3.17. The van der Waals surface area contributed by atoms with E-state index in [2.05, 4.69) is 33.3 Å². The van der Waals surface area contributed by atoms with E-state index in [-0.39, 0.29) is 24.0 Å². The van der Waals surface area contributed by atoms with Crippen molar-refractivity contribution in [2.24, 2.45) is 4.99 Å². The van der Waals surface area contributed by atoms with Crippen LogP contribution in [0.15, 0.2) is 39.8 Å². The molecular formula is C20H27IN6O. The minimum Gasteiger partial charge on any atom is -0.361 e. The lowest BCUT2D eigenvalue weighted by atomic mass is 10.1. The van der Waals surface area contributed by atoms with Gasteiger partial charge >= 0.3 is 0 Å². The predicted molar refractivity (Wildman–Crippen MR) is 119 cm³/mol. The molecule has 0 aliphatic carbocycles. The SMILES string of the molecule is CCNC(=NCc1cccc(C#N)c1)N1CCN(Cc2cc(C)on2)CC1.I. The normalized spacial score (nSPS) is 15.0. The third-order valence-electron chi connectivity index (χ3n) is 4.54. The van der Waals surface area contributed by atoms with Crippen molar-refractivity contribution in [2.75, 3.05) is 32.7 Å². The van der Waals surface area contributed by atoms with Gasteiger partial charge in [0, 0.05) is 45.3 Å². The highest BCUT2D eigenvalue weighted by Crippen LogP contribution is 2.10. The molecule has 7 nitrogen and oxygen atoms in total. The Hall–Kier alpha value is -2.12. The van der Waals surface area contributed by atoms with Gasteiger partial charge in [0.25, 0.3) is 0 Å². The molecule has 0 unspecified atom stereocenters. The average molecular weight is 494 g/mol. The number of nitrogens with zero attached hydrogens (tertiary/aromatic N) is 5. The van der Waals surface area contributed by atoms with Crippen molar-refractivity contribution in [3.8, 4) is 6.07 Å². The van der Waals surface area contributed by atoms with Crippen LogP contribution in [0.2, 0.25) is 0 Å². The Morgan fingerprint density at radius 3 is 2.71 bits per heavy atom. The number of hydrogen-bond acceptors (Lipinski definition) is 5. The van der Waals surface area contributed by atoms with Gasteiger partial charge in [-0.05, 0) is 31.5 Å². The molecule has 0 saturated carbocycles. The third kappa shape index (κ3) is 6.21. The van der Waals surface area contributed by atoms with Crippen LogP contribution >= 0.6 is 24.0 Å². The summed E-state index contributed by atoms with van der Waals surface area (Å²) in [6, 6.07) is 11.8. The van der Waals surface area contributed by atoms with Gasteiger partial charge in [-0.25, -0.2) is 4.99 Å². The number of aryl methyl sites for hydroxylation is 1. The second kappa shape index (κ2) is 11.0. The first-order valence-electron chi connectivity index (χ1n) is 9.34. The van der Waals surface area contributed by atoms with Crippen LogP contribution in [0.3, 0.4) is 0 Å². The van der Waals surface area contributed by atoms with Gasteiger partial charge in [-0.1, -0.05) is 17.3 Å². The number of aliphatic imine (C=N–C) groups is 1. The molecule has 1 aromatic heterocycles. The summed E-state index contributed by atoms with van der Waals surface area (Å²) in [5, 5.41) is 16.5. The molecule has 8 heteroatoms. The van der Waals surface area contributed by atoms with Crippen molar-refractivity contribution in [1.82, 2.24) is 20.3 Å². The molecule has 0 atom stereocenters. The molecule has 1 aliphatic rings. The van der Waals surface area contributed by atoms with Crippen molar-refractivity contribution < 1.29 is 4.52 Å². The minimum absolute atomic E-state index is 0. The molecular weight excluding hydrogens is 467 g/mol. The number of piperazine rings is 1. The van der Waals surface area contributed by atoms with Gasteiger partial charge in [0.05, 0.1) is 23.9 Å². The van der Waals surface area contributed by atoms with Crippen molar-refractivity contribution in [3.63, 3.8) is 0 Å². The first-order chi connectivity index (χ1) is 13.2. The lowest BCUT2D eigenvalue weighted by molar-refractivity contribution is 0.169. The van der Waals surface area contributed by atoms with Crippen molar-refractivity contribution >= 4 is 29.9 Å². The Morgan fingerprint density at radius 1 is 1.29 bits per heavy atom. The van der Waals surface area contributed by atoms with Crippen LogP contribution in [0.5, 0.6) is 0 Å². The van der Waals surface area contributed by atoms with Gasteiger partial charge in [-0.2, -0.15) is 5.26 Å². The lowest BCUT2D eigenvalue weighted by Gasteiger charge is -2.36. The molecule has 3 rings (SSSR count). The molecule has 0 radical (unpaired) electrons. The van der Waals surface area contributed by atoms with Crippen LogP contribution < -0.4 is 5.32 Å². The Kier molecular flexibility index (Phi) is 8.73. The average Bonchev–Trinajstić information content (AvgIpc) is 3.10. The van der Waals surface area contributed by atoms with Crippen LogP contribution in [-0.2, 0) is 13.1 Å². The largest absolute Gasteiger partial charge is 0.361 e. The van der Waals surface area contributed by atoms with Gasteiger partial charge in [0.15, 0.2) is 5.96 Å². The second-order valence-electron chi connectivity index (χ2n) is 6.67. The maximum absolute atomic E-state index is 9.04. The molecule has 0 spiro atoms. The maximum atomic E-state index is 9.04. The fourth-order valence-electron chi connectivity index (χ4n) is 3.17. The number of aromatic nitrogens is 1. The summed E-state index contributed by atoms with van der Waals surface area (Å²) in [6.45, 7) is 9.96. The number of halogens is 1. The van der Waals surface area contributed by atoms with Crippen molar-refractivity contribution in [1.29, 1.82) is 5.26 Å². The van der Waals surface area contributed by atoms with E-state index >= 15 is 0 Å². The molecule has 2 heterocycles. The molecule has 1 N–H and O–H groups in total. The van der Waals surface area contributed by atoms with E-state index in [1.54, 1.807) is 0 Å². The van der Waals surface area contributed by atoms with E-state index in [1.165, 1.54) is 0 Å². The molecule has 0 amide bonds. The topological polar surface area (TPSA) is 80.7 Å². The van der Waals surface area contributed by atoms with Crippen molar-refractivity contribution in [3.05, 3.63) is 52.9 Å². The number of guanidine groups is 1. The maximum Gasteiger partial charge on any atom is 0.194 e. The molecule has 28 heavy (non-hydrogen) atoms. The van der Waals surface area contributed by atoms with Gasteiger partial charge in [0.2, 0.25) is 0 Å². The molecule has 2 aromatic rings. The summed E-state index contributed by atoms with van der Waals surface area (Å²) in [5.41, 5.74) is 2.70. The number of rotatable bonds is 5. The Morgan fingerprint density at radius 2 is 2.07 bits per heavy atom. The van der Waals surface area contributed by atoms with Crippen LogP contribution in [-0.4, -0.2) is 53.6 Å². The summed E-state index contributed by atoms with van der Waals surface area (Å²) >= 11 is 0.